The first kappa shape index (κ1) is 12.0. The fraction of sp³-hybridized carbons (Fsp3) is 0.0833. The molecule has 2 N–H and O–H groups in total. The lowest BCUT2D eigenvalue weighted by molar-refractivity contribution is 0.876. The van der Waals surface area contributed by atoms with Crippen molar-refractivity contribution >= 4 is 29.0 Å². The van der Waals surface area contributed by atoms with Crippen LogP contribution in [0.1, 0.15) is 0 Å². The maximum absolute atomic E-state index is 11.6. The van der Waals surface area contributed by atoms with Crippen molar-refractivity contribution in [1.82, 2.24) is 4.57 Å². The molecule has 0 spiro atoms. The molecule has 0 aliphatic rings. The number of hydrogen-bond acceptors (Lipinski definition) is 2. The Hall–Kier alpha value is -1.45. The van der Waals surface area contributed by atoms with E-state index >= 15 is 0 Å². The zero-order valence-corrected chi connectivity index (χ0v) is 10.6. The first-order valence-corrected chi connectivity index (χ1v) is 5.66. The molecule has 1 heterocycles. The second-order valence-corrected chi connectivity index (χ2v) is 4.51. The van der Waals surface area contributed by atoms with E-state index < -0.39 is 0 Å². The van der Waals surface area contributed by atoms with Gasteiger partial charge in [-0.25, -0.2) is 0 Å². The molecule has 2 aromatic rings. The summed E-state index contributed by atoms with van der Waals surface area (Å²) < 4.78 is 1.38. The van der Waals surface area contributed by atoms with E-state index in [-0.39, 0.29) is 5.56 Å². The fourth-order valence-corrected chi connectivity index (χ4v) is 1.80. The van der Waals surface area contributed by atoms with Gasteiger partial charge in [-0.05, 0) is 29.3 Å². The van der Waals surface area contributed by atoms with Crippen LogP contribution in [0.25, 0.3) is 11.1 Å². The second kappa shape index (κ2) is 4.43. The van der Waals surface area contributed by atoms with Gasteiger partial charge in [0.1, 0.15) is 5.82 Å². The average molecular weight is 269 g/mol. The van der Waals surface area contributed by atoms with Crippen LogP contribution in [-0.4, -0.2) is 4.57 Å². The van der Waals surface area contributed by atoms with Crippen molar-refractivity contribution < 1.29 is 0 Å². The number of nitrogens with two attached hydrogens (primary N) is 1. The Morgan fingerprint density at radius 1 is 1.06 bits per heavy atom. The number of anilines is 1. The lowest BCUT2D eigenvalue weighted by Gasteiger charge is -2.07. The summed E-state index contributed by atoms with van der Waals surface area (Å²) in [6.07, 6.45) is 0. The van der Waals surface area contributed by atoms with Crippen LogP contribution < -0.4 is 11.3 Å². The van der Waals surface area contributed by atoms with E-state index in [1.807, 2.05) is 0 Å². The summed E-state index contributed by atoms with van der Waals surface area (Å²) in [5, 5.41) is 0.927. The van der Waals surface area contributed by atoms with E-state index in [4.69, 9.17) is 28.9 Å². The molecule has 1 aromatic heterocycles. The van der Waals surface area contributed by atoms with E-state index in [0.717, 1.165) is 11.1 Å². The summed E-state index contributed by atoms with van der Waals surface area (Å²) in [5.41, 5.74) is 7.10. The summed E-state index contributed by atoms with van der Waals surface area (Å²) in [6.45, 7) is 0. The smallest absolute Gasteiger partial charge is 0.252 e. The van der Waals surface area contributed by atoms with Crippen LogP contribution in [0.15, 0.2) is 35.1 Å². The third-order valence-corrected chi connectivity index (χ3v) is 3.29. The van der Waals surface area contributed by atoms with Gasteiger partial charge < -0.3 is 5.73 Å². The molecule has 0 unspecified atom stereocenters. The number of rotatable bonds is 1. The molecule has 88 valence electrons. The quantitative estimate of drug-likeness (QED) is 0.865. The zero-order valence-electron chi connectivity index (χ0n) is 9.08. The second-order valence-electron chi connectivity index (χ2n) is 3.70. The highest BCUT2D eigenvalue weighted by atomic mass is 35.5. The normalized spacial score (nSPS) is 10.5. The van der Waals surface area contributed by atoms with Gasteiger partial charge in [-0.15, -0.1) is 0 Å². The predicted octanol–water partition coefficient (Wildman–Crippen LogP) is 2.94. The van der Waals surface area contributed by atoms with Crippen molar-refractivity contribution in [3.63, 3.8) is 0 Å². The molecule has 0 aliphatic carbocycles. The molecular formula is C12H10Cl2N2O. The fourth-order valence-electron chi connectivity index (χ4n) is 1.50. The van der Waals surface area contributed by atoms with Gasteiger partial charge in [0.25, 0.3) is 5.56 Å². The highest BCUT2D eigenvalue weighted by Gasteiger charge is 2.05. The maximum atomic E-state index is 11.6. The Bertz CT molecular complexity index is 635. The molecular weight excluding hydrogens is 259 g/mol. The molecule has 0 aliphatic heterocycles. The Balaban J connectivity index is 2.61. The lowest BCUT2D eigenvalue weighted by Crippen LogP contribution is -2.18. The molecule has 0 saturated heterocycles. The number of pyridine rings is 1. The van der Waals surface area contributed by atoms with Crippen LogP contribution in [0.2, 0.25) is 10.0 Å². The van der Waals surface area contributed by atoms with Crippen molar-refractivity contribution in [2.45, 2.75) is 0 Å². The van der Waals surface area contributed by atoms with Crippen molar-refractivity contribution in [3.8, 4) is 11.1 Å². The number of nitrogen functional groups attached to an aromatic ring is 1. The number of benzene rings is 1. The van der Waals surface area contributed by atoms with Crippen LogP contribution in [0.3, 0.4) is 0 Å². The third-order valence-electron chi connectivity index (χ3n) is 2.55. The summed E-state index contributed by atoms with van der Waals surface area (Å²) >= 11 is 11.8. The monoisotopic (exact) mass is 268 g/mol. The van der Waals surface area contributed by atoms with E-state index in [9.17, 15) is 4.79 Å². The highest BCUT2D eigenvalue weighted by molar-refractivity contribution is 6.42. The maximum Gasteiger partial charge on any atom is 0.252 e. The molecule has 0 atom stereocenters. The number of nitrogens with zero attached hydrogens (tertiary/aromatic N) is 1. The van der Waals surface area contributed by atoms with E-state index in [0.29, 0.717) is 15.9 Å². The standard InChI is InChI=1S/C12H10Cl2N2O/c1-16-11(15)5-8(6-12(16)17)7-2-3-9(13)10(14)4-7/h2-6H,15H2,1H3. The molecule has 5 heteroatoms. The van der Waals surface area contributed by atoms with Gasteiger partial charge in [-0.2, -0.15) is 0 Å². The van der Waals surface area contributed by atoms with Gasteiger partial charge in [-0.3, -0.25) is 9.36 Å². The van der Waals surface area contributed by atoms with Crippen LogP contribution in [0.4, 0.5) is 5.82 Å². The van der Waals surface area contributed by atoms with Crippen LogP contribution >= 0.6 is 23.2 Å². The number of hydrogen-bond donors (Lipinski definition) is 1. The first-order chi connectivity index (χ1) is 7.99. The first-order valence-electron chi connectivity index (χ1n) is 4.91. The Kier molecular flexibility index (Phi) is 3.13. The molecule has 0 saturated carbocycles. The molecule has 17 heavy (non-hydrogen) atoms. The molecule has 0 fully saturated rings. The highest BCUT2D eigenvalue weighted by Crippen LogP contribution is 2.28. The molecule has 0 bridgehead atoms. The topological polar surface area (TPSA) is 48.0 Å². The minimum atomic E-state index is -0.161. The Morgan fingerprint density at radius 2 is 1.76 bits per heavy atom. The minimum absolute atomic E-state index is 0.161. The zero-order chi connectivity index (χ0) is 12.6. The van der Waals surface area contributed by atoms with Crippen molar-refractivity contribution in [2.75, 3.05) is 5.73 Å². The lowest BCUT2D eigenvalue weighted by atomic mass is 10.1. The van der Waals surface area contributed by atoms with Crippen molar-refractivity contribution in [3.05, 3.63) is 50.7 Å². The molecule has 0 radical (unpaired) electrons. The van der Waals surface area contributed by atoms with Crippen molar-refractivity contribution in [1.29, 1.82) is 0 Å². The number of aromatic nitrogens is 1. The van der Waals surface area contributed by atoms with Gasteiger partial charge >= 0.3 is 0 Å². The molecule has 3 nitrogen and oxygen atoms in total. The summed E-state index contributed by atoms with van der Waals surface area (Å²) in [5.74, 6) is 0.401. The molecule has 2 rings (SSSR count). The predicted molar refractivity (Wildman–Crippen MR) is 71.6 cm³/mol. The van der Waals surface area contributed by atoms with Gasteiger partial charge in [0.2, 0.25) is 0 Å². The van der Waals surface area contributed by atoms with Gasteiger partial charge in [0, 0.05) is 13.1 Å². The van der Waals surface area contributed by atoms with Gasteiger partial charge in [0.05, 0.1) is 10.0 Å². The molecule has 0 amide bonds. The van der Waals surface area contributed by atoms with Crippen LogP contribution in [-0.2, 0) is 7.05 Å². The molecule has 1 aromatic carbocycles. The summed E-state index contributed by atoms with van der Waals surface area (Å²) in [7, 11) is 1.62. The van der Waals surface area contributed by atoms with Crippen LogP contribution in [0.5, 0.6) is 0 Å². The Labute approximate surface area is 108 Å². The van der Waals surface area contributed by atoms with E-state index in [2.05, 4.69) is 0 Å². The minimum Gasteiger partial charge on any atom is -0.385 e. The summed E-state index contributed by atoms with van der Waals surface area (Å²) in [4.78, 5) is 11.6. The number of halogens is 2. The van der Waals surface area contributed by atoms with Crippen LogP contribution in [0, 0.1) is 0 Å². The van der Waals surface area contributed by atoms with Gasteiger partial charge in [-0.1, -0.05) is 29.3 Å². The van der Waals surface area contributed by atoms with E-state index in [1.165, 1.54) is 10.6 Å². The van der Waals surface area contributed by atoms with Crippen molar-refractivity contribution in [2.24, 2.45) is 7.05 Å². The SMILES string of the molecule is Cn1c(N)cc(-c2ccc(Cl)c(Cl)c2)cc1=O. The largest absolute Gasteiger partial charge is 0.385 e. The van der Waals surface area contributed by atoms with Gasteiger partial charge in [0.15, 0.2) is 0 Å². The third kappa shape index (κ3) is 2.30. The Morgan fingerprint density at radius 3 is 2.35 bits per heavy atom. The average Bonchev–Trinajstić information content (AvgIpc) is 2.29. The summed E-state index contributed by atoms with van der Waals surface area (Å²) in [6, 6.07) is 8.42. The van der Waals surface area contributed by atoms with E-state index in [1.54, 1.807) is 31.3 Å².